The van der Waals surface area contributed by atoms with E-state index in [1.165, 1.54) is 43.4 Å². The van der Waals surface area contributed by atoms with E-state index in [9.17, 15) is 0 Å². The Morgan fingerprint density at radius 1 is 1.35 bits per heavy atom. The molecular weight excluding hydrogens is 230 g/mol. The summed E-state index contributed by atoms with van der Waals surface area (Å²) in [6, 6.07) is 6.64. The van der Waals surface area contributed by atoms with Crippen molar-refractivity contribution < 1.29 is 0 Å². The Morgan fingerprint density at radius 3 is 3.06 bits per heavy atom. The average molecular weight is 250 g/mol. The number of halogens is 1. The van der Waals surface area contributed by atoms with E-state index in [-0.39, 0.29) is 0 Å². The van der Waals surface area contributed by atoms with Crippen molar-refractivity contribution in [3.8, 4) is 0 Å². The van der Waals surface area contributed by atoms with Gasteiger partial charge in [0, 0.05) is 17.0 Å². The van der Waals surface area contributed by atoms with Crippen LogP contribution in [0.25, 0.3) is 0 Å². The van der Waals surface area contributed by atoms with Crippen LogP contribution < -0.4 is 5.32 Å². The molecule has 1 saturated heterocycles. The first-order valence-electron chi connectivity index (χ1n) is 6.70. The molecule has 0 bridgehead atoms. The molecule has 0 spiro atoms. The van der Waals surface area contributed by atoms with Crippen LogP contribution >= 0.6 is 11.6 Å². The zero-order chi connectivity index (χ0) is 11.9. The summed E-state index contributed by atoms with van der Waals surface area (Å²) in [5, 5.41) is 4.50. The third-order valence-corrected chi connectivity index (χ3v) is 5.20. The van der Waals surface area contributed by atoms with Crippen molar-refractivity contribution in [1.29, 1.82) is 0 Å². The third kappa shape index (κ3) is 1.80. The lowest BCUT2D eigenvalue weighted by atomic mass is 9.64. The highest BCUT2D eigenvalue weighted by molar-refractivity contribution is 6.31. The molecule has 3 rings (SSSR count). The topological polar surface area (TPSA) is 12.0 Å². The highest BCUT2D eigenvalue weighted by atomic mass is 35.5. The van der Waals surface area contributed by atoms with E-state index in [1.54, 1.807) is 0 Å². The van der Waals surface area contributed by atoms with Gasteiger partial charge in [-0.2, -0.15) is 0 Å². The number of nitrogens with one attached hydrogen (secondary N) is 1. The van der Waals surface area contributed by atoms with Gasteiger partial charge >= 0.3 is 0 Å². The number of hydrogen-bond acceptors (Lipinski definition) is 1. The average Bonchev–Trinajstić information content (AvgIpc) is 2.77. The molecule has 0 amide bonds. The number of fused-ring (bicyclic) bond motifs is 1. The first kappa shape index (κ1) is 11.6. The van der Waals surface area contributed by atoms with E-state index >= 15 is 0 Å². The minimum Gasteiger partial charge on any atom is -0.316 e. The highest BCUT2D eigenvalue weighted by Crippen LogP contribution is 2.46. The molecule has 2 aliphatic rings. The van der Waals surface area contributed by atoms with E-state index in [0.29, 0.717) is 5.41 Å². The number of rotatable bonds is 1. The summed E-state index contributed by atoms with van der Waals surface area (Å²) in [7, 11) is 0. The maximum absolute atomic E-state index is 6.14. The summed E-state index contributed by atoms with van der Waals surface area (Å²) >= 11 is 6.14. The summed E-state index contributed by atoms with van der Waals surface area (Å²) < 4.78 is 0. The van der Waals surface area contributed by atoms with E-state index in [0.717, 1.165) is 17.5 Å². The van der Waals surface area contributed by atoms with Gasteiger partial charge in [0.25, 0.3) is 0 Å². The summed E-state index contributed by atoms with van der Waals surface area (Å²) in [6.45, 7) is 4.46. The Morgan fingerprint density at radius 2 is 2.24 bits per heavy atom. The van der Waals surface area contributed by atoms with E-state index in [2.05, 4.69) is 30.4 Å². The quantitative estimate of drug-likeness (QED) is 0.801. The molecule has 1 N–H and O–H groups in total. The van der Waals surface area contributed by atoms with Gasteiger partial charge in [-0.15, -0.1) is 0 Å². The smallest absolute Gasteiger partial charge is 0.0435 e. The fourth-order valence-electron chi connectivity index (χ4n) is 3.75. The normalized spacial score (nSPS) is 32.5. The maximum Gasteiger partial charge on any atom is 0.0435 e. The van der Waals surface area contributed by atoms with Crippen molar-refractivity contribution in [2.45, 2.75) is 38.0 Å². The minimum absolute atomic E-state index is 0.396. The molecule has 92 valence electrons. The maximum atomic E-state index is 6.14. The molecule has 1 aromatic carbocycles. The van der Waals surface area contributed by atoms with Crippen molar-refractivity contribution in [2.75, 3.05) is 13.1 Å². The van der Waals surface area contributed by atoms with Gasteiger partial charge in [0.2, 0.25) is 0 Å². The van der Waals surface area contributed by atoms with Gasteiger partial charge in [-0.25, -0.2) is 0 Å². The predicted molar refractivity (Wildman–Crippen MR) is 72.7 cm³/mol. The Kier molecular flexibility index (Phi) is 2.92. The van der Waals surface area contributed by atoms with Crippen LogP contribution in [0.4, 0.5) is 0 Å². The van der Waals surface area contributed by atoms with Crippen LogP contribution in [0.3, 0.4) is 0 Å². The first-order valence-corrected chi connectivity index (χ1v) is 7.07. The van der Waals surface area contributed by atoms with Crippen LogP contribution in [0.2, 0.25) is 5.02 Å². The molecule has 0 radical (unpaired) electrons. The van der Waals surface area contributed by atoms with E-state index in [4.69, 9.17) is 11.6 Å². The van der Waals surface area contributed by atoms with Crippen molar-refractivity contribution in [1.82, 2.24) is 5.32 Å². The number of hydrogen-bond donors (Lipinski definition) is 1. The van der Waals surface area contributed by atoms with E-state index in [1.807, 2.05) is 0 Å². The third-order valence-electron chi connectivity index (χ3n) is 4.77. The molecule has 2 heteroatoms. The van der Waals surface area contributed by atoms with Gasteiger partial charge in [0.05, 0.1) is 0 Å². The van der Waals surface area contributed by atoms with Crippen LogP contribution in [-0.4, -0.2) is 13.1 Å². The van der Waals surface area contributed by atoms with Gasteiger partial charge in [-0.3, -0.25) is 0 Å². The second kappa shape index (κ2) is 4.29. The molecule has 0 unspecified atom stereocenters. The lowest BCUT2D eigenvalue weighted by molar-refractivity contribution is 0.242. The molecule has 2 fully saturated rings. The lowest BCUT2D eigenvalue weighted by Crippen LogP contribution is -2.37. The molecule has 1 aromatic rings. The summed E-state index contributed by atoms with van der Waals surface area (Å²) in [4.78, 5) is 0. The van der Waals surface area contributed by atoms with Crippen LogP contribution in [-0.2, 0) is 5.41 Å². The first-order chi connectivity index (χ1) is 8.22. The van der Waals surface area contributed by atoms with Gasteiger partial charge in [0.1, 0.15) is 0 Å². The summed E-state index contributed by atoms with van der Waals surface area (Å²) in [6.07, 6.45) is 5.50. The second-order valence-corrected chi connectivity index (χ2v) is 6.10. The monoisotopic (exact) mass is 249 g/mol. The van der Waals surface area contributed by atoms with Gasteiger partial charge in [-0.1, -0.05) is 36.6 Å². The summed E-state index contributed by atoms with van der Waals surface area (Å²) in [5.41, 5.74) is 3.12. The van der Waals surface area contributed by atoms with Gasteiger partial charge in [0.15, 0.2) is 0 Å². The minimum atomic E-state index is 0.396. The fourth-order valence-corrected chi connectivity index (χ4v) is 3.87. The summed E-state index contributed by atoms with van der Waals surface area (Å²) in [5.74, 6) is 0.830. The Hall–Kier alpha value is -0.530. The van der Waals surface area contributed by atoms with Gasteiger partial charge < -0.3 is 5.32 Å². The lowest BCUT2D eigenvalue weighted by Gasteiger charge is -2.39. The standard InChI is InChI=1S/C15H20ClN/c1-11-8-12(5-6-14(11)16)15-7-3-2-4-13(15)9-17-10-15/h5-6,8,13,17H,2-4,7,9-10H2,1H3/t13-,15+/m1/s1. The largest absolute Gasteiger partial charge is 0.316 e. The van der Waals surface area contributed by atoms with Crippen LogP contribution in [0.1, 0.15) is 36.8 Å². The van der Waals surface area contributed by atoms with E-state index < -0.39 is 0 Å². The van der Waals surface area contributed by atoms with Crippen LogP contribution in [0.5, 0.6) is 0 Å². The van der Waals surface area contributed by atoms with Crippen molar-refractivity contribution in [2.24, 2.45) is 5.92 Å². The molecule has 17 heavy (non-hydrogen) atoms. The molecule has 1 saturated carbocycles. The van der Waals surface area contributed by atoms with Gasteiger partial charge in [-0.05, 0) is 49.4 Å². The molecule has 1 aliphatic carbocycles. The molecule has 1 heterocycles. The zero-order valence-corrected chi connectivity index (χ0v) is 11.2. The van der Waals surface area contributed by atoms with Crippen molar-refractivity contribution >= 4 is 11.6 Å². The van der Waals surface area contributed by atoms with Crippen molar-refractivity contribution in [3.05, 3.63) is 34.3 Å². The molecule has 2 atom stereocenters. The Bertz CT molecular complexity index is 429. The van der Waals surface area contributed by atoms with Crippen molar-refractivity contribution in [3.63, 3.8) is 0 Å². The number of benzene rings is 1. The molecule has 1 aliphatic heterocycles. The zero-order valence-electron chi connectivity index (χ0n) is 10.4. The number of aryl methyl sites for hydroxylation is 1. The molecule has 0 aromatic heterocycles. The molecule has 1 nitrogen and oxygen atoms in total. The molecular formula is C15H20ClN. The van der Waals surface area contributed by atoms with Crippen LogP contribution in [0, 0.1) is 12.8 Å². The second-order valence-electron chi connectivity index (χ2n) is 5.69. The van der Waals surface area contributed by atoms with Crippen LogP contribution in [0.15, 0.2) is 18.2 Å². The highest BCUT2D eigenvalue weighted by Gasteiger charge is 2.45. The predicted octanol–water partition coefficient (Wildman–Crippen LogP) is 3.68. The Balaban J connectivity index is 2.02. The fraction of sp³-hybridized carbons (Fsp3) is 0.600. The SMILES string of the molecule is Cc1cc([C@@]23CCCC[C@@H]2CNC3)ccc1Cl. The Labute approximate surface area is 109 Å².